The highest BCUT2D eigenvalue weighted by Crippen LogP contribution is 2.18. The van der Waals surface area contributed by atoms with Crippen LogP contribution >= 0.6 is 11.7 Å². The zero-order valence-corrected chi connectivity index (χ0v) is 14.2. The minimum absolute atomic E-state index is 0.0809. The van der Waals surface area contributed by atoms with Crippen LogP contribution in [0.15, 0.2) is 55.1 Å². The number of hydrogen-bond acceptors (Lipinski definition) is 6. The largest absolute Gasteiger partial charge is 0.337 e. The summed E-state index contributed by atoms with van der Waals surface area (Å²) in [5.74, 6) is -0.0809. The second-order valence-corrected chi connectivity index (χ2v) is 6.13. The summed E-state index contributed by atoms with van der Waals surface area (Å²) in [7, 11) is 1.78. The summed E-state index contributed by atoms with van der Waals surface area (Å²) in [5, 5.41) is 4.12. The lowest BCUT2D eigenvalue weighted by molar-refractivity contribution is 0.0785. The van der Waals surface area contributed by atoms with Crippen LogP contribution < -0.4 is 0 Å². The van der Waals surface area contributed by atoms with Gasteiger partial charge in [0.25, 0.3) is 5.91 Å². The first-order chi connectivity index (χ1) is 12.2. The lowest BCUT2D eigenvalue weighted by atomic mass is 10.1. The van der Waals surface area contributed by atoms with Crippen molar-refractivity contribution in [1.29, 1.82) is 0 Å². The molecule has 0 aliphatic rings. The zero-order valence-electron chi connectivity index (χ0n) is 13.4. The number of benzene rings is 2. The Kier molecular flexibility index (Phi) is 3.95. The number of aromatic nitrogens is 5. The second kappa shape index (κ2) is 6.40. The van der Waals surface area contributed by atoms with Crippen LogP contribution in [0.5, 0.6) is 0 Å². The molecule has 8 heteroatoms. The van der Waals surface area contributed by atoms with Crippen molar-refractivity contribution in [3.05, 3.63) is 66.2 Å². The fraction of sp³-hybridized carbons (Fsp3) is 0.118. The van der Waals surface area contributed by atoms with Crippen molar-refractivity contribution in [3.63, 3.8) is 0 Å². The molecular weight excluding hydrogens is 336 g/mol. The van der Waals surface area contributed by atoms with E-state index in [0.29, 0.717) is 17.8 Å². The Morgan fingerprint density at radius 2 is 2.00 bits per heavy atom. The maximum atomic E-state index is 12.9. The summed E-state index contributed by atoms with van der Waals surface area (Å²) < 4.78 is 10.0. The first kappa shape index (κ1) is 15.4. The van der Waals surface area contributed by atoms with Crippen LogP contribution in [0, 0.1) is 0 Å². The van der Waals surface area contributed by atoms with Crippen LogP contribution in [0.4, 0.5) is 0 Å². The smallest absolute Gasteiger partial charge is 0.256 e. The van der Waals surface area contributed by atoms with Gasteiger partial charge in [-0.15, -0.1) is 0 Å². The maximum absolute atomic E-state index is 12.9. The molecule has 0 spiro atoms. The molecule has 1 amide bonds. The first-order valence-corrected chi connectivity index (χ1v) is 8.36. The number of nitrogens with zero attached hydrogens (tertiary/aromatic N) is 6. The maximum Gasteiger partial charge on any atom is 0.256 e. The van der Waals surface area contributed by atoms with E-state index >= 15 is 0 Å². The third-order valence-electron chi connectivity index (χ3n) is 3.88. The Balaban J connectivity index is 1.60. The van der Waals surface area contributed by atoms with E-state index in [4.69, 9.17) is 0 Å². The third-order valence-corrected chi connectivity index (χ3v) is 4.44. The number of amides is 1. The van der Waals surface area contributed by atoms with E-state index in [1.54, 1.807) is 29.0 Å². The fourth-order valence-electron chi connectivity index (χ4n) is 2.66. The topological polar surface area (TPSA) is 76.8 Å². The molecule has 0 N–H and O–H groups in total. The van der Waals surface area contributed by atoms with Gasteiger partial charge in [-0.05, 0) is 29.8 Å². The number of carbonyl (C=O) groups excluding carboxylic acids is 1. The van der Waals surface area contributed by atoms with Crippen molar-refractivity contribution >= 4 is 28.7 Å². The molecule has 4 aromatic rings. The van der Waals surface area contributed by atoms with E-state index < -0.39 is 0 Å². The highest BCUT2D eigenvalue weighted by Gasteiger charge is 2.17. The van der Waals surface area contributed by atoms with Crippen LogP contribution in [0.1, 0.15) is 15.9 Å². The van der Waals surface area contributed by atoms with Crippen LogP contribution in [0.25, 0.3) is 16.7 Å². The Hall–Kier alpha value is -3.13. The third kappa shape index (κ3) is 2.99. The summed E-state index contributed by atoms with van der Waals surface area (Å²) >= 11 is 1.19. The van der Waals surface area contributed by atoms with E-state index in [-0.39, 0.29) is 5.91 Å². The highest BCUT2D eigenvalue weighted by molar-refractivity contribution is 7.00. The van der Waals surface area contributed by atoms with Gasteiger partial charge in [0.1, 0.15) is 23.7 Å². The molecule has 124 valence electrons. The van der Waals surface area contributed by atoms with Crippen molar-refractivity contribution in [2.24, 2.45) is 0 Å². The second-order valence-electron chi connectivity index (χ2n) is 5.61. The predicted octanol–water partition coefficient (Wildman–Crippen LogP) is 2.54. The normalized spacial score (nSPS) is 10.9. The number of hydrogen-bond donors (Lipinski definition) is 0. The Bertz CT molecular complexity index is 1030. The fourth-order valence-corrected chi connectivity index (χ4v) is 3.18. The summed E-state index contributed by atoms with van der Waals surface area (Å²) in [6, 6.07) is 13.2. The van der Waals surface area contributed by atoms with Crippen molar-refractivity contribution in [1.82, 2.24) is 28.4 Å². The highest BCUT2D eigenvalue weighted by atomic mass is 32.1. The van der Waals surface area contributed by atoms with Crippen LogP contribution in [0.2, 0.25) is 0 Å². The van der Waals surface area contributed by atoms with E-state index in [1.165, 1.54) is 18.1 Å². The Morgan fingerprint density at radius 3 is 2.84 bits per heavy atom. The zero-order chi connectivity index (χ0) is 17.2. The molecule has 4 rings (SSSR count). The molecule has 0 fully saturated rings. The molecule has 0 radical (unpaired) electrons. The van der Waals surface area contributed by atoms with Gasteiger partial charge in [0.05, 0.1) is 23.0 Å². The van der Waals surface area contributed by atoms with Crippen molar-refractivity contribution in [2.75, 3.05) is 7.05 Å². The Labute approximate surface area is 147 Å². The standard InChI is InChI=1S/C17H14N6OS/c1-22(9-12-6-7-14-15(8-12)21-25-20-14)17(24)13-4-2-3-5-16(13)23-11-18-10-19-23/h2-8,10-11H,9H2,1H3. The summed E-state index contributed by atoms with van der Waals surface area (Å²) in [4.78, 5) is 18.5. The van der Waals surface area contributed by atoms with E-state index in [0.717, 1.165) is 16.6 Å². The lowest BCUT2D eigenvalue weighted by Crippen LogP contribution is -2.27. The van der Waals surface area contributed by atoms with Crippen LogP contribution in [-0.4, -0.2) is 41.4 Å². The molecule has 2 heterocycles. The van der Waals surface area contributed by atoms with Gasteiger partial charge >= 0.3 is 0 Å². The van der Waals surface area contributed by atoms with Gasteiger partial charge in [-0.2, -0.15) is 13.8 Å². The molecule has 2 aromatic carbocycles. The molecule has 0 saturated carbocycles. The molecule has 25 heavy (non-hydrogen) atoms. The molecule has 0 aliphatic carbocycles. The van der Waals surface area contributed by atoms with Crippen LogP contribution in [-0.2, 0) is 6.54 Å². The quantitative estimate of drug-likeness (QED) is 0.565. The average molecular weight is 350 g/mol. The predicted molar refractivity (Wildman–Crippen MR) is 94.6 cm³/mol. The van der Waals surface area contributed by atoms with Gasteiger partial charge in [0.15, 0.2) is 0 Å². The average Bonchev–Trinajstić information content (AvgIpc) is 3.32. The molecular formula is C17H14N6OS. The number of rotatable bonds is 4. The van der Waals surface area contributed by atoms with Gasteiger partial charge in [-0.25, -0.2) is 9.67 Å². The minimum atomic E-state index is -0.0809. The molecule has 0 unspecified atom stereocenters. The number of carbonyl (C=O) groups is 1. The lowest BCUT2D eigenvalue weighted by Gasteiger charge is -2.19. The Morgan fingerprint density at radius 1 is 1.16 bits per heavy atom. The number of para-hydroxylation sites is 1. The molecule has 2 aromatic heterocycles. The molecule has 0 saturated heterocycles. The van der Waals surface area contributed by atoms with Gasteiger partial charge < -0.3 is 4.90 Å². The molecule has 7 nitrogen and oxygen atoms in total. The molecule has 0 aliphatic heterocycles. The SMILES string of the molecule is CN(Cc1ccc2nsnc2c1)C(=O)c1ccccc1-n1cncn1. The minimum Gasteiger partial charge on any atom is -0.337 e. The van der Waals surface area contributed by atoms with E-state index in [2.05, 4.69) is 18.8 Å². The van der Waals surface area contributed by atoms with Crippen LogP contribution in [0.3, 0.4) is 0 Å². The van der Waals surface area contributed by atoms with Gasteiger partial charge in [-0.1, -0.05) is 18.2 Å². The first-order valence-electron chi connectivity index (χ1n) is 7.63. The van der Waals surface area contributed by atoms with Gasteiger partial charge in [-0.3, -0.25) is 4.79 Å². The molecule has 0 bridgehead atoms. The monoisotopic (exact) mass is 350 g/mol. The van der Waals surface area contributed by atoms with Crippen molar-refractivity contribution in [3.8, 4) is 5.69 Å². The van der Waals surface area contributed by atoms with Crippen molar-refractivity contribution in [2.45, 2.75) is 6.54 Å². The van der Waals surface area contributed by atoms with Gasteiger partial charge in [0.2, 0.25) is 0 Å². The summed E-state index contributed by atoms with van der Waals surface area (Å²) in [6.07, 6.45) is 3.03. The molecule has 0 atom stereocenters. The van der Waals surface area contributed by atoms with Gasteiger partial charge in [0, 0.05) is 13.6 Å². The van der Waals surface area contributed by atoms with E-state index in [1.807, 2.05) is 36.4 Å². The summed E-state index contributed by atoms with van der Waals surface area (Å²) in [5.41, 5.74) is 4.02. The van der Waals surface area contributed by atoms with E-state index in [9.17, 15) is 4.79 Å². The van der Waals surface area contributed by atoms with Crippen molar-refractivity contribution < 1.29 is 4.79 Å². The summed E-state index contributed by atoms with van der Waals surface area (Å²) in [6.45, 7) is 0.484. The number of fused-ring (bicyclic) bond motifs is 1.